The first kappa shape index (κ1) is 21.6. The molecular weight excluding hydrogens is 502 g/mol. The molecule has 0 aromatic heterocycles. The van der Waals surface area contributed by atoms with Crippen LogP contribution in [0.3, 0.4) is 0 Å². The molecule has 2 aliphatic heterocycles. The lowest BCUT2D eigenvalue weighted by Gasteiger charge is -2.32. The van der Waals surface area contributed by atoms with Gasteiger partial charge in [-0.25, -0.2) is 9.69 Å². The van der Waals surface area contributed by atoms with Gasteiger partial charge in [0.1, 0.15) is 11.3 Å². The lowest BCUT2D eigenvalue weighted by atomic mass is 9.94. The third-order valence-corrected chi connectivity index (χ3v) is 6.24. The van der Waals surface area contributed by atoms with Crippen LogP contribution in [-0.2, 0) is 14.4 Å². The second-order valence-electron chi connectivity index (χ2n) is 7.65. The highest BCUT2D eigenvalue weighted by molar-refractivity contribution is 9.10. The molecule has 4 amide bonds. The highest BCUT2D eigenvalue weighted by Gasteiger charge is 2.68. The van der Waals surface area contributed by atoms with Gasteiger partial charge in [-0.15, -0.1) is 0 Å². The van der Waals surface area contributed by atoms with Gasteiger partial charge in [0, 0.05) is 15.7 Å². The zero-order chi connectivity index (χ0) is 24.0. The van der Waals surface area contributed by atoms with Gasteiger partial charge in [0.05, 0.1) is 5.69 Å². The van der Waals surface area contributed by atoms with Crippen molar-refractivity contribution in [2.24, 2.45) is 0 Å². The Kier molecular flexibility index (Phi) is 5.06. The van der Waals surface area contributed by atoms with E-state index in [1.54, 1.807) is 60.7 Å². The van der Waals surface area contributed by atoms with E-state index in [1.165, 1.54) is 24.3 Å². The van der Waals surface area contributed by atoms with E-state index in [0.717, 1.165) is 9.80 Å². The van der Waals surface area contributed by atoms with E-state index in [4.69, 9.17) is 0 Å². The molecule has 0 aliphatic carbocycles. The maximum absolute atomic E-state index is 14.0. The van der Waals surface area contributed by atoms with Crippen molar-refractivity contribution >= 4 is 56.7 Å². The summed E-state index contributed by atoms with van der Waals surface area (Å²) in [7, 11) is 0. The Morgan fingerprint density at radius 2 is 1.38 bits per heavy atom. The van der Waals surface area contributed by atoms with Gasteiger partial charge < -0.3 is 10.4 Å². The van der Waals surface area contributed by atoms with Gasteiger partial charge in [0.2, 0.25) is 5.66 Å². The molecule has 1 unspecified atom stereocenters. The summed E-state index contributed by atoms with van der Waals surface area (Å²) in [5, 5.41) is 13.7. The largest absolute Gasteiger partial charge is 0.507 e. The number of rotatable bonds is 3. The second kappa shape index (κ2) is 7.96. The van der Waals surface area contributed by atoms with Crippen LogP contribution < -0.4 is 15.1 Å². The molecule has 0 saturated carbocycles. The van der Waals surface area contributed by atoms with Gasteiger partial charge in [0.15, 0.2) is 0 Å². The van der Waals surface area contributed by atoms with E-state index >= 15 is 0 Å². The van der Waals surface area contributed by atoms with E-state index in [0.29, 0.717) is 4.47 Å². The average Bonchev–Trinajstić information content (AvgIpc) is 3.23. The van der Waals surface area contributed by atoms with Crippen LogP contribution in [0.15, 0.2) is 95.0 Å². The predicted octanol–water partition coefficient (Wildman–Crippen LogP) is 3.79. The lowest BCUT2D eigenvalue weighted by Crippen LogP contribution is -2.59. The summed E-state index contributed by atoms with van der Waals surface area (Å²) >= 11 is 3.32. The highest BCUT2D eigenvalue weighted by Crippen LogP contribution is 2.43. The molecular formula is C25H16BrN3O5. The van der Waals surface area contributed by atoms with E-state index in [-0.39, 0.29) is 16.9 Å². The van der Waals surface area contributed by atoms with Crippen LogP contribution in [0.5, 0.6) is 0 Å². The summed E-state index contributed by atoms with van der Waals surface area (Å²) in [5.74, 6) is -3.60. The minimum atomic E-state index is -2.27. The van der Waals surface area contributed by atoms with Crippen molar-refractivity contribution in [1.29, 1.82) is 0 Å². The Balaban J connectivity index is 1.79. The predicted molar refractivity (Wildman–Crippen MR) is 128 cm³/mol. The molecule has 168 valence electrons. The maximum atomic E-state index is 14.0. The number of nitrogens with one attached hydrogen (secondary N) is 1. The zero-order valence-electron chi connectivity index (χ0n) is 17.4. The van der Waals surface area contributed by atoms with E-state index < -0.39 is 40.6 Å². The van der Waals surface area contributed by atoms with Crippen LogP contribution in [0.2, 0.25) is 0 Å². The molecule has 0 bridgehead atoms. The molecule has 2 aliphatic rings. The van der Waals surface area contributed by atoms with Gasteiger partial charge in [-0.2, -0.15) is 0 Å². The van der Waals surface area contributed by atoms with Crippen LogP contribution in [0.1, 0.15) is 5.56 Å². The number of anilines is 2. The molecule has 3 aromatic rings. The average molecular weight is 518 g/mol. The van der Waals surface area contributed by atoms with Gasteiger partial charge in [0.25, 0.3) is 11.7 Å². The molecule has 2 fully saturated rings. The number of carbonyl (C=O) groups excluding carboxylic acids is 4. The number of nitrogens with zero attached hydrogens (tertiary/aromatic N) is 2. The first-order valence-electron chi connectivity index (χ1n) is 10.2. The van der Waals surface area contributed by atoms with Gasteiger partial charge in [-0.05, 0) is 36.4 Å². The number of amides is 4. The van der Waals surface area contributed by atoms with Crippen molar-refractivity contribution in [3.05, 3.63) is 101 Å². The quantitative estimate of drug-likeness (QED) is 0.238. The van der Waals surface area contributed by atoms with Crippen molar-refractivity contribution in [1.82, 2.24) is 5.32 Å². The van der Waals surface area contributed by atoms with E-state index in [1.807, 2.05) is 0 Å². The Bertz CT molecular complexity index is 1370. The third kappa shape index (κ3) is 3.05. The Labute approximate surface area is 202 Å². The van der Waals surface area contributed by atoms with Crippen molar-refractivity contribution in [3.63, 3.8) is 0 Å². The summed E-state index contributed by atoms with van der Waals surface area (Å²) in [5.41, 5.74) is -2.11. The molecule has 5 rings (SSSR count). The van der Waals surface area contributed by atoms with E-state index in [9.17, 15) is 24.3 Å². The first-order chi connectivity index (χ1) is 16.4. The fourth-order valence-corrected chi connectivity index (χ4v) is 4.47. The number of hydrogen-bond donors (Lipinski definition) is 2. The Morgan fingerprint density at radius 3 is 2.00 bits per heavy atom. The molecule has 1 atom stereocenters. The summed E-state index contributed by atoms with van der Waals surface area (Å²) < 4.78 is 0.707. The lowest BCUT2D eigenvalue weighted by molar-refractivity contribution is -0.132. The number of hydrogen-bond acceptors (Lipinski definition) is 5. The minimum absolute atomic E-state index is 0.195. The SMILES string of the molecule is O=C1C(=O)N(c2ccc(Br)cc2)C2(NC(=O)N(c3ccccc3)C2=O)/C1=C(\O)c1ccccc1. The fourth-order valence-electron chi connectivity index (χ4n) is 4.21. The number of ketones is 1. The minimum Gasteiger partial charge on any atom is -0.507 e. The summed E-state index contributed by atoms with van der Waals surface area (Å²) in [6.45, 7) is 0. The summed E-state index contributed by atoms with van der Waals surface area (Å²) in [6, 6.07) is 21.7. The maximum Gasteiger partial charge on any atom is 0.331 e. The summed E-state index contributed by atoms with van der Waals surface area (Å²) in [4.78, 5) is 55.5. The molecule has 0 radical (unpaired) electrons. The number of benzene rings is 3. The van der Waals surface area contributed by atoms with Gasteiger partial charge in [-0.3, -0.25) is 19.3 Å². The first-order valence-corrected chi connectivity index (χ1v) is 11.0. The van der Waals surface area contributed by atoms with Crippen LogP contribution >= 0.6 is 15.9 Å². The molecule has 2 heterocycles. The molecule has 8 nitrogen and oxygen atoms in total. The topological polar surface area (TPSA) is 107 Å². The fraction of sp³-hybridized carbons (Fsp3) is 0.0400. The van der Waals surface area contributed by atoms with Crippen LogP contribution in [0.4, 0.5) is 16.2 Å². The van der Waals surface area contributed by atoms with Crippen LogP contribution in [-0.4, -0.2) is 34.4 Å². The molecule has 34 heavy (non-hydrogen) atoms. The number of halogens is 1. The molecule has 3 aromatic carbocycles. The summed E-state index contributed by atoms with van der Waals surface area (Å²) in [6.07, 6.45) is 0. The smallest absolute Gasteiger partial charge is 0.331 e. The number of imide groups is 1. The van der Waals surface area contributed by atoms with Gasteiger partial charge in [-0.1, -0.05) is 64.5 Å². The van der Waals surface area contributed by atoms with Crippen molar-refractivity contribution in [3.8, 4) is 0 Å². The number of carbonyl (C=O) groups is 4. The van der Waals surface area contributed by atoms with Crippen LogP contribution in [0, 0.1) is 0 Å². The van der Waals surface area contributed by atoms with E-state index in [2.05, 4.69) is 21.2 Å². The van der Waals surface area contributed by atoms with Gasteiger partial charge >= 0.3 is 11.9 Å². The van der Waals surface area contributed by atoms with Crippen LogP contribution in [0.25, 0.3) is 5.76 Å². The van der Waals surface area contributed by atoms with Crippen molar-refractivity contribution < 1.29 is 24.3 Å². The number of para-hydroxylation sites is 1. The Morgan fingerprint density at radius 1 is 0.794 bits per heavy atom. The van der Waals surface area contributed by atoms with Crippen molar-refractivity contribution in [2.45, 2.75) is 5.66 Å². The Hall–Kier alpha value is -4.24. The molecule has 2 saturated heterocycles. The number of urea groups is 1. The van der Waals surface area contributed by atoms with Crippen molar-refractivity contribution in [2.75, 3.05) is 9.80 Å². The molecule has 1 spiro atoms. The molecule has 2 N–H and O–H groups in total. The second-order valence-corrected chi connectivity index (χ2v) is 8.57. The zero-order valence-corrected chi connectivity index (χ0v) is 19.0. The normalized spacial score (nSPS) is 21.4. The third-order valence-electron chi connectivity index (χ3n) is 5.71. The number of Topliss-reactive ketones (excluding diaryl/α,β-unsaturated/α-hetero) is 1. The molecule has 9 heteroatoms. The number of aliphatic hydroxyl groups excluding tert-OH is 1. The highest BCUT2D eigenvalue weighted by atomic mass is 79.9. The number of aliphatic hydroxyl groups is 1. The monoisotopic (exact) mass is 517 g/mol. The standard InChI is InChI=1S/C25H16BrN3O5/c26-16-11-13-18(14-12-16)29-22(32)21(31)19(20(30)15-7-3-1-4-8-15)25(29)23(33)28(24(34)27-25)17-9-5-2-6-10-17/h1-14,30H,(H,27,34)/b20-19-.